The molecule has 2 rings (SSSR count). The second-order valence-electron chi connectivity index (χ2n) is 3.14. The normalized spacial score (nSPS) is 11.7. The molecular weight excluding hydrogens is 219 g/mol. The first-order valence-electron chi connectivity index (χ1n) is 4.37. The number of benzene rings is 1. The maximum absolute atomic E-state index is 12.4. The molecule has 0 bridgehead atoms. The van der Waals surface area contributed by atoms with Crippen LogP contribution >= 0.6 is 0 Å². The van der Waals surface area contributed by atoms with E-state index in [9.17, 15) is 13.2 Å². The summed E-state index contributed by atoms with van der Waals surface area (Å²) in [6.07, 6.45) is -3.40. The van der Waals surface area contributed by atoms with E-state index in [0.717, 1.165) is 10.9 Å². The van der Waals surface area contributed by atoms with Crippen LogP contribution < -0.4 is 5.73 Å². The van der Waals surface area contributed by atoms with Crippen LogP contribution in [0.25, 0.3) is 5.69 Å². The molecule has 6 heteroatoms. The van der Waals surface area contributed by atoms with Gasteiger partial charge in [0.05, 0.1) is 17.6 Å². The lowest BCUT2D eigenvalue weighted by Crippen LogP contribution is -2.09. The zero-order valence-corrected chi connectivity index (χ0v) is 7.99. The molecule has 0 saturated carbocycles. The molecule has 0 spiro atoms. The molecule has 1 aromatic carbocycles. The van der Waals surface area contributed by atoms with Crippen LogP contribution in [0.5, 0.6) is 0 Å². The second-order valence-corrected chi connectivity index (χ2v) is 3.14. The second kappa shape index (κ2) is 3.55. The van der Waals surface area contributed by atoms with Gasteiger partial charge in [-0.25, -0.2) is 4.68 Å². The predicted molar refractivity (Wildman–Crippen MR) is 51.8 cm³/mol. The van der Waals surface area contributed by atoms with Crippen molar-refractivity contribution in [2.45, 2.75) is 6.18 Å². The Hall–Kier alpha value is -1.98. The van der Waals surface area contributed by atoms with Crippen LogP contribution in [0.4, 0.5) is 18.9 Å². The van der Waals surface area contributed by atoms with Gasteiger partial charge in [0, 0.05) is 0 Å². The average Bonchev–Trinajstić information content (AvgIpc) is 2.61. The third-order valence-electron chi connectivity index (χ3n) is 1.97. The van der Waals surface area contributed by atoms with Crippen molar-refractivity contribution in [2.75, 3.05) is 5.73 Å². The fourth-order valence-corrected chi connectivity index (χ4v) is 1.27. The van der Waals surface area contributed by atoms with Gasteiger partial charge < -0.3 is 5.73 Å². The van der Waals surface area contributed by atoms with E-state index in [4.69, 9.17) is 5.73 Å². The first-order chi connectivity index (χ1) is 7.48. The van der Waals surface area contributed by atoms with E-state index in [1.807, 2.05) is 0 Å². The summed E-state index contributed by atoms with van der Waals surface area (Å²) in [4.78, 5) is 0. The first-order valence-corrected chi connectivity index (χ1v) is 4.37. The van der Waals surface area contributed by atoms with Crippen molar-refractivity contribution >= 4 is 5.69 Å². The number of hydrogen-bond donors (Lipinski definition) is 1. The van der Waals surface area contributed by atoms with Crippen LogP contribution in [0.1, 0.15) is 5.69 Å². The van der Waals surface area contributed by atoms with E-state index >= 15 is 0 Å². The lowest BCUT2D eigenvalue weighted by Gasteiger charge is -2.02. The van der Waals surface area contributed by atoms with E-state index in [2.05, 4.69) is 11.2 Å². The molecule has 1 aromatic heterocycles. The molecule has 16 heavy (non-hydrogen) atoms. The Morgan fingerprint density at radius 2 is 2.12 bits per heavy atom. The highest BCUT2D eigenvalue weighted by Gasteiger charge is 2.36. The summed E-state index contributed by atoms with van der Waals surface area (Å²) >= 11 is 0. The van der Waals surface area contributed by atoms with Gasteiger partial charge in [0.1, 0.15) is 0 Å². The summed E-state index contributed by atoms with van der Waals surface area (Å²) in [5.41, 5.74) is 4.26. The number of alkyl halides is 3. The zero-order valence-electron chi connectivity index (χ0n) is 7.99. The molecule has 1 radical (unpaired) electrons. The highest BCUT2D eigenvalue weighted by molar-refractivity contribution is 5.45. The fourth-order valence-electron chi connectivity index (χ4n) is 1.27. The molecule has 83 valence electrons. The molecule has 0 unspecified atom stereocenters. The van der Waals surface area contributed by atoms with Crippen LogP contribution in [0.15, 0.2) is 30.5 Å². The average molecular weight is 226 g/mol. The molecule has 0 amide bonds. The molecule has 0 fully saturated rings. The number of hydrogen-bond acceptors (Lipinski definition) is 2. The molecule has 0 aliphatic carbocycles. The van der Waals surface area contributed by atoms with Crippen LogP contribution in [0.2, 0.25) is 0 Å². The van der Waals surface area contributed by atoms with Crippen molar-refractivity contribution in [3.63, 3.8) is 0 Å². The van der Waals surface area contributed by atoms with Gasteiger partial charge in [-0.3, -0.25) is 0 Å². The summed E-state index contributed by atoms with van der Waals surface area (Å²) in [5, 5.41) is 3.40. The quantitative estimate of drug-likeness (QED) is 0.810. The Morgan fingerprint density at radius 1 is 1.38 bits per heavy atom. The number of aromatic nitrogens is 2. The SMILES string of the molecule is Nc1cn(-c2c[c]ccc2)nc1C(F)(F)F. The van der Waals surface area contributed by atoms with Gasteiger partial charge >= 0.3 is 6.18 Å². The van der Waals surface area contributed by atoms with Gasteiger partial charge in [0.15, 0.2) is 5.69 Å². The third kappa shape index (κ3) is 1.86. The van der Waals surface area contributed by atoms with Crippen molar-refractivity contribution in [1.82, 2.24) is 9.78 Å². The molecular formula is C10H7F3N3. The Labute approximate surface area is 89.3 Å². The lowest BCUT2D eigenvalue weighted by atomic mass is 10.3. The van der Waals surface area contributed by atoms with Gasteiger partial charge in [0.25, 0.3) is 0 Å². The minimum atomic E-state index is -4.53. The summed E-state index contributed by atoms with van der Waals surface area (Å²) in [5.74, 6) is 0. The molecule has 2 N–H and O–H groups in total. The van der Waals surface area contributed by atoms with Crippen molar-refractivity contribution in [3.05, 3.63) is 42.2 Å². The van der Waals surface area contributed by atoms with Gasteiger partial charge in [0.2, 0.25) is 0 Å². The Bertz CT molecular complexity index is 488. The molecule has 0 aliphatic heterocycles. The minimum Gasteiger partial charge on any atom is -0.396 e. The van der Waals surface area contributed by atoms with Crippen molar-refractivity contribution in [1.29, 1.82) is 0 Å². The minimum absolute atomic E-state index is 0.392. The highest BCUT2D eigenvalue weighted by Crippen LogP contribution is 2.32. The zero-order chi connectivity index (χ0) is 11.8. The monoisotopic (exact) mass is 226 g/mol. The molecule has 0 saturated heterocycles. The van der Waals surface area contributed by atoms with Crippen molar-refractivity contribution < 1.29 is 13.2 Å². The smallest absolute Gasteiger partial charge is 0.396 e. The number of halogens is 3. The van der Waals surface area contributed by atoms with Crippen LogP contribution in [0, 0.1) is 6.07 Å². The topological polar surface area (TPSA) is 43.8 Å². The van der Waals surface area contributed by atoms with E-state index < -0.39 is 17.6 Å². The summed E-state index contributed by atoms with van der Waals surface area (Å²) in [6, 6.07) is 9.17. The first kappa shape index (κ1) is 10.5. The van der Waals surface area contributed by atoms with E-state index in [1.165, 1.54) is 6.07 Å². The highest BCUT2D eigenvalue weighted by atomic mass is 19.4. The molecule has 3 nitrogen and oxygen atoms in total. The Morgan fingerprint density at radius 3 is 2.62 bits per heavy atom. The summed E-state index contributed by atoms with van der Waals surface area (Å²) in [7, 11) is 0. The van der Waals surface area contributed by atoms with Crippen LogP contribution in [-0.4, -0.2) is 9.78 Å². The molecule has 2 aromatic rings. The molecule has 0 atom stereocenters. The van der Waals surface area contributed by atoms with Gasteiger partial charge in [-0.05, 0) is 18.2 Å². The largest absolute Gasteiger partial charge is 0.437 e. The maximum Gasteiger partial charge on any atom is 0.437 e. The van der Waals surface area contributed by atoms with Crippen molar-refractivity contribution in [2.24, 2.45) is 0 Å². The van der Waals surface area contributed by atoms with E-state index in [-0.39, 0.29) is 0 Å². The van der Waals surface area contributed by atoms with Gasteiger partial charge in [-0.15, -0.1) is 0 Å². The maximum atomic E-state index is 12.4. The van der Waals surface area contributed by atoms with Crippen molar-refractivity contribution in [3.8, 4) is 5.69 Å². The Kier molecular flexibility index (Phi) is 2.34. The fraction of sp³-hybridized carbons (Fsp3) is 0.100. The standard InChI is InChI=1S/C10H7F3N3/c11-10(12,13)9-8(14)6-16(15-9)7-4-2-1-3-5-7/h1-2,4-6H,14H2. The number of nitrogen functional groups attached to an aromatic ring is 1. The summed E-state index contributed by atoms with van der Waals surface area (Å²) in [6.45, 7) is 0. The number of nitrogens with zero attached hydrogens (tertiary/aromatic N) is 2. The van der Waals surface area contributed by atoms with Crippen LogP contribution in [0.3, 0.4) is 0 Å². The number of nitrogens with two attached hydrogens (primary N) is 1. The predicted octanol–water partition coefficient (Wildman–Crippen LogP) is 2.27. The molecule has 0 aliphatic rings. The summed E-state index contributed by atoms with van der Waals surface area (Å²) < 4.78 is 38.3. The molecule has 1 heterocycles. The lowest BCUT2D eigenvalue weighted by molar-refractivity contribution is -0.140. The van der Waals surface area contributed by atoms with Gasteiger partial charge in [-0.1, -0.05) is 12.1 Å². The third-order valence-corrected chi connectivity index (χ3v) is 1.97. The van der Waals surface area contributed by atoms with E-state index in [1.54, 1.807) is 18.2 Å². The Balaban J connectivity index is 2.47. The van der Waals surface area contributed by atoms with Gasteiger partial charge in [-0.2, -0.15) is 18.3 Å². The number of anilines is 1. The number of rotatable bonds is 1. The van der Waals surface area contributed by atoms with Crippen LogP contribution in [-0.2, 0) is 6.18 Å². The van der Waals surface area contributed by atoms with E-state index in [0.29, 0.717) is 5.69 Å².